The number of hydrogen-bond donors (Lipinski definition) is 1. The van der Waals surface area contributed by atoms with Gasteiger partial charge in [0.1, 0.15) is 0 Å². The van der Waals surface area contributed by atoms with Gasteiger partial charge in [-0.3, -0.25) is 20.3 Å². The lowest BCUT2D eigenvalue weighted by molar-refractivity contribution is -0.384. The molecule has 0 bridgehead atoms. The average Bonchev–Trinajstić information content (AvgIpc) is 3.14. The van der Waals surface area contributed by atoms with Gasteiger partial charge in [-0.15, -0.1) is 5.10 Å². The molecule has 11 heteroatoms. The first-order chi connectivity index (χ1) is 13.0. The van der Waals surface area contributed by atoms with E-state index in [-0.39, 0.29) is 16.5 Å². The molecule has 1 aromatic heterocycles. The molecule has 1 heterocycles. The third-order valence-corrected chi connectivity index (χ3v) is 4.28. The standard InChI is InChI=1S/C16H13N7O3S/c1-11(24)15(18-17-12-6-5-9-14(10-12)23(25)26)27-16-19-20-21-22(16)13-7-3-2-4-8-13/h2-10,17H,1H3/b18-15-. The Hall–Kier alpha value is -3.60. The van der Waals surface area contributed by atoms with E-state index in [1.807, 2.05) is 30.3 Å². The Morgan fingerprint density at radius 1 is 1.22 bits per heavy atom. The highest BCUT2D eigenvalue weighted by atomic mass is 32.2. The second-order valence-corrected chi connectivity index (χ2v) is 6.16. The quantitative estimate of drug-likeness (QED) is 0.226. The van der Waals surface area contributed by atoms with Crippen molar-refractivity contribution in [1.29, 1.82) is 0 Å². The Labute approximate surface area is 157 Å². The summed E-state index contributed by atoms with van der Waals surface area (Å²) in [6, 6.07) is 15.0. The van der Waals surface area contributed by atoms with Gasteiger partial charge in [-0.25, -0.2) is 0 Å². The molecule has 0 saturated heterocycles. The number of aromatic nitrogens is 4. The fraction of sp³-hybridized carbons (Fsp3) is 0.0625. The maximum atomic E-state index is 11.9. The summed E-state index contributed by atoms with van der Waals surface area (Å²) in [6.07, 6.45) is 0. The van der Waals surface area contributed by atoms with Crippen molar-refractivity contribution < 1.29 is 9.72 Å². The zero-order chi connectivity index (χ0) is 19.2. The van der Waals surface area contributed by atoms with Crippen LogP contribution in [-0.2, 0) is 4.79 Å². The van der Waals surface area contributed by atoms with Crippen LogP contribution in [0.3, 0.4) is 0 Å². The molecular formula is C16H13N7O3S. The number of nitrogens with zero attached hydrogens (tertiary/aromatic N) is 6. The number of nitro benzene ring substituents is 1. The number of non-ortho nitro benzene ring substituents is 1. The van der Waals surface area contributed by atoms with Crippen molar-refractivity contribution >= 4 is 34.0 Å². The van der Waals surface area contributed by atoms with Crippen LogP contribution in [0.1, 0.15) is 6.92 Å². The molecule has 0 aliphatic carbocycles. The highest BCUT2D eigenvalue weighted by Crippen LogP contribution is 2.21. The van der Waals surface area contributed by atoms with Gasteiger partial charge in [0.15, 0.2) is 10.8 Å². The number of nitrogens with one attached hydrogen (secondary N) is 1. The van der Waals surface area contributed by atoms with E-state index in [1.54, 1.807) is 6.07 Å². The Bertz CT molecular complexity index is 1000. The summed E-state index contributed by atoms with van der Waals surface area (Å²) in [5.41, 5.74) is 3.69. The van der Waals surface area contributed by atoms with Gasteiger partial charge in [0, 0.05) is 19.1 Å². The van der Waals surface area contributed by atoms with Gasteiger partial charge < -0.3 is 0 Å². The van der Waals surface area contributed by atoms with E-state index in [0.717, 1.165) is 17.4 Å². The zero-order valence-electron chi connectivity index (χ0n) is 14.0. The lowest BCUT2D eigenvalue weighted by atomic mass is 10.3. The molecular weight excluding hydrogens is 370 g/mol. The number of thioether (sulfide) groups is 1. The third kappa shape index (κ3) is 4.52. The number of ketones is 1. The fourth-order valence-electron chi connectivity index (χ4n) is 2.04. The Balaban J connectivity index is 1.82. The number of tetrazole rings is 1. The summed E-state index contributed by atoms with van der Waals surface area (Å²) in [6.45, 7) is 1.36. The molecule has 3 aromatic rings. The van der Waals surface area contributed by atoms with Gasteiger partial charge in [0.25, 0.3) is 5.69 Å². The minimum atomic E-state index is -0.510. The first-order valence-corrected chi connectivity index (χ1v) is 8.47. The molecule has 0 saturated carbocycles. The van der Waals surface area contributed by atoms with E-state index >= 15 is 0 Å². The van der Waals surface area contributed by atoms with E-state index < -0.39 is 4.92 Å². The highest BCUT2D eigenvalue weighted by Gasteiger charge is 2.16. The number of Topliss-reactive ketones (excluding diaryl/α,β-unsaturated/α-hetero) is 1. The zero-order valence-corrected chi connectivity index (χ0v) is 14.8. The van der Waals surface area contributed by atoms with E-state index in [2.05, 4.69) is 26.1 Å². The molecule has 0 atom stereocenters. The van der Waals surface area contributed by atoms with E-state index in [1.165, 1.54) is 29.8 Å². The topological polar surface area (TPSA) is 128 Å². The summed E-state index contributed by atoms with van der Waals surface area (Å²) >= 11 is 0.986. The minimum absolute atomic E-state index is 0.0831. The van der Waals surface area contributed by atoms with Crippen LogP contribution in [-0.4, -0.2) is 36.0 Å². The summed E-state index contributed by atoms with van der Waals surface area (Å²) in [5, 5.41) is 26.8. The van der Waals surface area contributed by atoms with Crippen LogP contribution in [0.15, 0.2) is 64.9 Å². The van der Waals surface area contributed by atoms with Gasteiger partial charge in [0.05, 0.1) is 16.3 Å². The Kier molecular flexibility index (Phi) is 5.52. The first-order valence-electron chi connectivity index (χ1n) is 7.65. The summed E-state index contributed by atoms with van der Waals surface area (Å²) in [5.74, 6) is -0.305. The number of rotatable bonds is 6. The van der Waals surface area contributed by atoms with Crippen molar-refractivity contribution in [2.45, 2.75) is 12.1 Å². The van der Waals surface area contributed by atoms with Gasteiger partial charge in [-0.2, -0.15) is 9.78 Å². The van der Waals surface area contributed by atoms with E-state index in [0.29, 0.717) is 10.8 Å². The number of carbonyl (C=O) groups is 1. The van der Waals surface area contributed by atoms with Crippen LogP contribution < -0.4 is 5.43 Å². The molecule has 2 aromatic carbocycles. The molecule has 0 aliphatic heterocycles. The monoisotopic (exact) mass is 383 g/mol. The number of benzene rings is 2. The van der Waals surface area contributed by atoms with Crippen LogP contribution in [0.4, 0.5) is 11.4 Å². The first kappa shape index (κ1) is 18.2. The van der Waals surface area contributed by atoms with Gasteiger partial charge in [-0.1, -0.05) is 24.3 Å². The lowest BCUT2D eigenvalue weighted by Gasteiger charge is -2.05. The summed E-state index contributed by atoms with van der Waals surface area (Å²) < 4.78 is 1.48. The molecule has 1 N–H and O–H groups in total. The van der Waals surface area contributed by atoms with Crippen LogP contribution in [0.5, 0.6) is 0 Å². The molecule has 0 spiro atoms. The summed E-state index contributed by atoms with van der Waals surface area (Å²) in [7, 11) is 0. The molecule has 0 fully saturated rings. The van der Waals surface area contributed by atoms with Gasteiger partial charge in [0.2, 0.25) is 5.16 Å². The highest BCUT2D eigenvalue weighted by molar-refractivity contribution is 8.15. The average molecular weight is 383 g/mol. The molecule has 0 aliphatic rings. The number of hydrogen-bond acceptors (Lipinski definition) is 9. The SMILES string of the molecule is CC(=O)/C(=N/Nc1cccc([N+](=O)[O-])c1)Sc1nnnn1-c1ccccc1. The predicted molar refractivity (Wildman–Crippen MR) is 99.8 cm³/mol. The van der Waals surface area contributed by atoms with Crippen LogP contribution in [0.25, 0.3) is 5.69 Å². The summed E-state index contributed by atoms with van der Waals surface area (Å²) in [4.78, 5) is 22.3. The normalized spacial score (nSPS) is 11.2. The van der Waals surface area contributed by atoms with Gasteiger partial charge >= 0.3 is 0 Å². The van der Waals surface area contributed by atoms with Crippen molar-refractivity contribution in [3.63, 3.8) is 0 Å². The molecule has 0 unspecified atom stereocenters. The fourth-order valence-corrected chi connectivity index (χ4v) is 2.75. The Morgan fingerprint density at radius 3 is 2.70 bits per heavy atom. The molecule has 0 radical (unpaired) electrons. The van der Waals surface area contributed by atoms with Crippen molar-refractivity contribution in [1.82, 2.24) is 20.2 Å². The smallest absolute Gasteiger partial charge is 0.271 e. The molecule has 27 heavy (non-hydrogen) atoms. The van der Waals surface area contributed by atoms with Crippen LogP contribution in [0, 0.1) is 10.1 Å². The Morgan fingerprint density at radius 2 is 2.00 bits per heavy atom. The number of nitro groups is 1. The molecule has 0 amide bonds. The largest absolute Gasteiger partial charge is 0.292 e. The van der Waals surface area contributed by atoms with Crippen molar-refractivity contribution in [3.8, 4) is 5.69 Å². The molecule has 10 nitrogen and oxygen atoms in total. The lowest BCUT2D eigenvalue weighted by Crippen LogP contribution is -2.10. The second-order valence-electron chi connectivity index (χ2n) is 5.20. The van der Waals surface area contributed by atoms with Crippen molar-refractivity contribution in [2.75, 3.05) is 5.43 Å². The maximum absolute atomic E-state index is 11.9. The number of hydrazone groups is 1. The molecule has 3 rings (SSSR count). The minimum Gasteiger partial charge on any atom is -0.292 e. The second kappa shape index (κ2) is 8.19. The van der Waals surface area contributed by atoms with Crippen molar-refractivity contribution in [2.24, 2.45) is 5.10 Å². The number of para-hydroxylation sites is 1. The maximum Gasteiger partial charge on any atom is 0.271 e. The van der Waals surface area contributed by atoms with Crippen LogP contribution in [0.2, 0.25) is 0 Å². The predicted octanol–water partition coefficient (Wildman–Crippen LogP) is 2.68. The van der Waals surface area contributed by atoms with Crippen LogP contribution >= 0.6 is 11.8 Å². The third-order valence-electron chi connectivity index (χ3n) is 3.27. The molecule has 136 valence electrons. The van der Waals surface area contributed by atoms with E-state index in [9.17, 15) is 14.9 Å². The van der Waals surface area contributed by atoms with Crippen molar-refractivity contribution in [3.05, 3.63) is 64.7 Å². The number of carbonyl (C=O) groups excluding carboxylic acids is 1. The van der Waals surface area contributed by atoms with Gasteiger partial charge in [-0.05, 0) is 40.4 Å². The number of anilines is 1. The van der Waals surface area contributed by atoms with E-state index in [4.69, 9.17) is 0 Å².